The fourth-order valence-corrected chi connectivity index (χ4v) is 3.00. The monoisotopic (exact) mass is 239 g/mol. The average molecular weight is 239 g/mol. The Labute approximate surface area is 102 Å². The van der Waals surface area contributed by atoms with Gasteiger partial charge in [0.05, 0.1) is 0 Å². The molecule has 1 atom stereocenters. The molecule has 90 valence electrons. The van der Waals surface area contributed by atoms with E-state index in [1.807, 2.05) is 18.0 Å². The molecular weight excluding hydrogens is 218 g/mol. The number of imidazole rings is 1. The van der Waals surface area contributed by atoms with Gasteiger partial charge in [0.25, 0.3) is 0 Å². The SMILES string of the molecule is CSCC(C)Nc1nccn1C1CCCC1. The molecule has 1 unspecified atom stereocenters. The Morgan fingerprint density at radius 3 is 3.00 bits per heavy atom. The van der Waals surface area contributed by atoms with Gasteiger partial charge in [-0.2, -0.15) is 11.8 Å². The molecule has 1 aromatic heterocycles. The van der Waals surface area contributed by atoms with Gasteiger partial charge in [-0.05, 0) is 26.0 Å². The summed E-state index contributed by atoms with van der Waals surface area (Å²) < 4.78 is 2.32. The zero-order chi connectivity index (χ0) is 11.4. The van der Waals surface area contributed by atoms with E-state index in [-0.39, 0.29) is 0 Å². The van der Waals surface area contributed by atoms with E-state index in [0.717, 1.165) is 11.7 Å². The Morgan fingerprint density at radius 2 is 2.31 bits per heavy atom. The molecule has 0 aromatic carbocycles. The molecule has 1 aliphatic rings. The van der Waals surface area contributed by atoms with Crippen LogP contribution in [0.4, 0.5) is 5.95 Å². The molecule has 16 heavy (non-hydrogen) atoms. The van der Waals surface area contributed by atoms with Crippen molar-refractivity contribution in [3.8, 4) is 0 Å². The van der Waals surface area contributed by atoms with Crippen molar-refractivity contribution in [1.29, 1.82) is 0 Å². The standard InChI is InChI=1S/C12H21N3S/c1-10(9-16-2)14-12-13-7-8-15(12)11-5-3-4-6-11/h7-8,10-11H,3-6,9H2,1-2H3,(H,13,14). The van der Waals surface area contributed by atoms with E-state index in [0.29, 0.717) is 12.1 Å². The van der Waals surface area contributed by atoms with Crippen LogP contribution < -0.4 is 5.32 Å². The largest absolute Gasteiger partial charge is 0.352 e. The van der Waals surface area contributed by atoms with Crippen LogP contribution in [-0.2, 0) is 0 Å². The zero-order valence-electron chi connectivity index (χ0n) is 10.1. The second-order valence-electron chi connectivity index (χ2n) is 4.60. The number of hydrogen-bond donors (Lipinski definition) is 1. The van der Waals surface area contributed by atoms with Crippen LogP contribution in [-0.4, -0.2) is 27.6 Å². The van der Waals surface area contributed by atoms with Gasteiger partial charge in [-0.3, -0.25) is 0 Å². The molecule has 1 fully saturated rings. The Morgan fingerprint density at radius 1 is 1.56 bits per heavy atom. The second-order valence-corrected chi connectivity index (χ2v) is 5.51. The summed E-state index contributed by atoms with van der Waals surface area (Å²) in [7, 11) is 0. The van der Waals surface area contributed by atoms with Crippen molar-refractivity contribution < 1.29 is 0 Å². The van der Waals surface area contributed by atoms with Gasteiger partial charge in [0, 0.05) is 30.2 Å². The molecule has 0 spiro atoms. The van der Waals surface area contributed by atoms with Gasteiger partial charge in [0.15, 0.2) is 0 Å². The number of nitrogens with zero attached hydrogens (tertiary/aromatic N) is 2. The second kappa shape index (κ2) is 5.62. The van der Waals surface area contributed by atoms with Gasteiger partial charge in [-0.15, -0.1) is 0 Å². The first-order valence-corrected chi connectivity index (χ1v) is 7.49. The molecule has 2 rings (SSSR count). The number of anilines is 1. The summed E-state index contributed by atoms with van der Waals surface area (Å²) in [5.41, 5.74) is 0. The van der Waals surface area contributed by atoms with Crippen LogP contribution in [0.15, 0.2) is 12.4 Å². The van der Waals surface area contributed by atoms with Gasteiger partial charge in [0.2, 0.25) is 5.95 Å². The van der Waals surface area contributed by atoms with Crippen LogP contribution in [0.3, 0.4) is 0 Å². The maximum atomic E-state index is 4.43. The highest BCUT2D eigenvalue weighted by atomic mass is 32.2. The fourth-order valence-electron chi connectivity index (χ4n) is 2.41. The zero-order valence-corrected chi connectivity index (χ0v) is 11.0. The Hall–Kier alpha value is -0.640. The van der Waals surface area contributed by atoms with Crippen molar-refractivity contribution in [3.05, 3.63) is 12.4 Å². The minimum Gasteiger partial charge on any atom is -0.352 e. The summed E-state index contributed by atoms with van der Waals surface area (Å²) in [5, 5.41) is 3.50. The molecule has 0 saturated heterocycles. The minimum absolute atomic E-state index is 0.484. The minimum atomic E-state index is 0.484. The average Bonchev–Trinajstić information content (AvgIpc) is 2.86. The molecule has 1 aromatic rings. The summed E-state index contributed by atoms with van der Waals surface area (Å²) >= 11 is 1.87. The van der Waals surface area contributed by atoms with E-state index in [4.69, 9.17) is 0 Å². The maximum Gasteiger partial charge on any atom is 0.203 e. The van der Waals surface area contributed by atoms with Gasteiger partial charge < -0.3 is 9.88 Å². The highest BCUT2D eigenvalue weighted by Crippen LogP contribution is 2.31. The van der Waals surface area contributed by atoms with Crippen LogP contribution in [0, 0.1) is 0 Å². The predicted octanol–water partition coefficient (Wildman–Crippen LogP) is 3.16. The summed E-state index contributed by atoms with van der Waals surface area (Å²) in [5.74, 6) is 2.17. The molecule has 1 aliphatic carbocycles. The molecule has 3 nitrogen and oxygen atoms in total. The van der Waals surface area contributed by atoms with Crippen molar-refractivity contribution >= 4 is 17.7 Å². The Bertz CT molecular complexity index is 318. The summed E-state index contributed by atoms with van der Waals surface area (Å²) in [4.78, 5) is 4.43. The maximum absolute atomic E-state index is 4.43. The summed E-state index contributed by atoms with van der Waals surface area (Å²) in [6.45, 7) is 2.21. The van der Waals surface area contributed by atoms with Crippen LogP contribution in [0.25, 0.3) is 0 Å². The lowest BCUT2D eigenvalue weighted by atomic mass is 10.2. The first-order valence-electron chi connectivity index (χ1n) is 6.09. The molecule has 1 N–H and O–H groups in total. The number of nitrogens with one attached hydrogen (secondary N) is 1. The molecule has 1 saturated carbocycles. The fraction of sp³-hybridized carbons (Fsp3) is 0.750. The van der Waals surface area contributed by atoms with Gasteiger partial charge >= 0.3 is 0 Å². The van der Waals surface area contributed by atoms with Crippen molar-refractivity contribution in [1.82, 2.24) is 9.55 Å². The molecule has 1 heterocycles. The van der Waals surface area contributed by atoms with E-state index >= 15 is 0 Å². The summed E-state index contributed by atoms with van der Waals surface area (Å²) in [6.07, 6.45) is 11.5. The molecule has 0 aliphatic heterocycles. The van der Waals surface area contributed by atoms with Gasteiger partial charge in [-0.25, -0.2) is 4.98 Å². The third-order valence-corrected chi connectivity index (χ3v) is 4.01. The van der Waals surface area contributed by atoms with E-state index < -0.39 is 0 Å². The number of rotatable bonds is 5. The number of aromatic nitrogens is 2. The van der Waals surface area contributed by atoms with Crippen LogP contribution >= 0.6 is 11.8 Å². The van der Waals surface area contributed by atoms with E-state index in [1.165, 1.54) is 25.7 Å². The lowest BCUT2D eigenvalue weighted by Crippen LogP contribution is -2.21. The lowest BCUT2D eigenvalue weighted by molar-refractivity contribution is 0.521. The van der Waals surface area contributed by atoms with Crippen LogP contribution in [0.2, 0.25) is 0 Å². The first-order chi connectivity index (χ1) is 7.81. The quantitative estimate of drug-likeness (QED) is 0.856. The van der Waals surface area contributed by atoms with Crippen LogP contribution in [0.1, 0.15) is 38.6 Å². The smallest absolute Gasteiger partial charge is 0.203 e. The van der Waals surface area contributed by atoms with E-state index in [1.54, 1.807) is 0 Å². The topological polar surface area (TPSA) is 29.9 Å². The number of thioether (sulfide) groups is 1. The van der Waals surface area contributed by atoms with Crippen molar-refractivity contribution in [2.45, 2.75) is 44.7 Å². The predicted molar refractivity (Wildman–Crippen MR) is 71.2 cm³/mol. The third-order valence-electron chi connectivity index (χ3n) is 3.18. The third kappa shape index (κ3) is 2.73. The Kier molecular flexibility index (Phi) is 4.16. The Balaban J connectivity index is 2.00. The van der Waals surface area contributed by atoms with E-state index in [2.05, 4.69) is 34.2 Å². The van der Waals surface area contributed by atoms with E-state index in [9.17, 15) is 0 Å². The first kappa shape index (κ1) is 11.8. The van der Waals surface area contributed by atoms with Crippen molar-refractivity contribution in [2.24, 2.45) is 0 Å². The van der Waals surface area contributed by atoms with Crippen LogP contribution in [0.5, 0.6) is 0 Å². The molecule has 0 bridgehead atoms. The highest BCUT2D eigenvalue weighted by Gasteiger charge is 2.19. The van der Waals surface area contributed by atoms with Crippen molar-refractivity contribution in [2.75, 3.05) is 17.3 Å². The highest BCUT2D eigenvalue weighted by molar-refractivity contribution is 7.98. The van der Waals surface area contributed by atoms with Gasteiger partial charge in [0.1, 0.15) is 0 Å². The lowest BCUT2D eigenvalue weighted by Gasteiger charge is -2.18. The molecule has 0 amide bonds. The molecular formula is C12H21N3S. The van der Waals surface area contributed by atoms with Crippen molar-refractivity contribution in [3.63, 3.8) is 0 Å². The van der Waals surface area contributed by atoms with Gasteiger partial charge in [-0.1, -0.05) is 12.8 Å². The molecule has 0 radical (unpaired) electrons. The summed E-state index contributed by atoms with van der Waals surface area (Å²) in [6, 6.07) is 1.16. The normalized spacial score (nSPS) is 18.9. The number of hydrogen-bond acceptors (Lipinski definition) is 3. The molecule has 4 heteroatoms.